The van der Waals surface area contributed by atoms with E-state index in [1.54, 1.807) is 0 Å². The Kier molecular flexibility index (Phi) is 5.38. The third-order valence-corrected chi connectivity index (χ3v) is 6.01. The van der Waals surface area contributed by atoms with Crippen LogP contribution in [0.5, 0.6) is 5.75 Å². The molecule has 0 aliphatic rings. The van der Waals surface area contributed by atoms with Gasteiger partial charge in [0.25, 0.3) is 0 Å². The molecule has 0 aromatic heterocycles. The molecule has 0 saturated heterocycles. The summed E-state index contributed by atoms with van der Waals surface area (Å²) in [5.74, 6) is -8.01. The van der Waals surface area contributed by atoms with Crippen molar-refractivity contribution in [1.29, 1.82) is 0 Å². The number of fused-ring (bicyclic) bond motifs is 1. The van der Waals surface area contributed by atoms with Crippen molar-refractivity contribution in [3.05, 3.63) is 36.4 Å². The molecule has 15 heteroatoms. The van der Waals surface area contributed by atoms with E-state index in [4.69, 9.17) is 4.55 Å². The van der Waals surface area contributed by atoms with Crippen molar-refractivity contribution in [2.75, 3.05) is 0 Å². The summed E-state index contributed by atoms with van der Waals surface area (Å²) in [4.78, 5) is 0.218. The molecule has 6 nitrogen and oxygen atoms in total. The SMILES string of the molecule is O=S(=O)(O)C(F)(F)C(F)(F)C(F)(F)S(=O)(=O)Oc1ccc(S)c2ccccc12. The van der Waals surface area contributed by atoms with Gasteiger partial charge < -0.3 is 4.18 Å². The first kappa shape index (κ1) is 22.6. The number of rotatable bonds is 6. The van der Waals surface area contributed by atoms with Gasteiger partial charge in [-0.1, -0.05) is 24.3 Å². The van der Waals surface area contributed by atoms with E-state index in [-0.39, 0.29) is 15.7 Å². The van der Waals surface area contributed by atoms with Gasteiger partial charge in [-0.3, -0.25) is 4.55 Å². The molecule has 0 spiro atoms. The Labute approximate surface area is 159 Å². The third kappa shape index (κ3) is 3.29. The molecule has 0 aliphatic heterocycles. The van der Waals surface area contributed by atoms with Crippen molar-refractivity contribution in [3.63, 3.8) is 0 Å². The van der Waals surface area contributed by atoms with E-state index in [0.717, 1.165) is 18.2 Å². The molecule has 156 valence electrons. The van der Waals surface area contributed by atoms with Crippen molar-refractivity contribution in [2.45, 2.75) is 21.3 Å². The Morgan fingerprint density at radius 1 is 0.821 bits per heavy atom. The zero-order chi connectivity index (χ0) is 21.8. The van der Waals surface area contributed by atoms with Gasteiger partial charge in [0, 0.05) is 10.3 Å². The van der Waals surface area contributed by atoms with Crippen LogP contribution in [0.2, 0.25) is 0 Å². The molecule has 0 fully saturated rings. The average Bonchev–Trinajstić information content (AvgIpc) is 2.56. The van der Waals surface area contributed by atoms with Gasteiger partial charge in [-0.15, -0.1) is 12.6 Å². The van der Waals surface area contributed by atoms with Crippen LogP contribution in [0.15, 0.2) is 41.3 Å². The van der Waals surface area contributed by atoms with Crippen LogP contribution < -0.4 is 4.18 Å². The number of alkyl halides is 6. The maximum Gasteiger partial charge on any atom is 0.450 e. The molecule has 0 bridgehead atoms. The van der Waals surface area contributed by atoms with Gasteiger partial charge >= 0.3 is 36.7 Å². The molecular formula is C13H8F6O6S3. The van der Waals surface area contributed by atoms with Crippen molar-refractivity contribution in [2.24, 2.45) is 0 Å². The Balaban J connectivity index is 2.60. The summed E-state index contributed by atoms with van der Waals surface area (Å²) < 4.78 is 137. The van der Waals surface area contributed by atoms with E-state index in [1.165, 1.54) is 18.2 Å². The van der Waals surface area contributed by atoms with Crippen molar-refractivity contribution >= 4 is 43.6 Å². The Bertz CT molecular complexity index is 1130. The van der Waals surface area contributed by atoms with Gasteiger partial charge in [-0.2, -0.15) is 43.2 Å². The lowest BCUT2D eigenvalue weighted by Crippen LogP contribution is -2.61. The normalized spacial score (nSPS) is 14.3. The van der Waals surface area contributed by atoms with Crippen molar-refractivity contribution in [3.8, 4) is 5.75 Å². The molecule has 2 aromatic rings. The third-order valence-electron chi connectivity index (χ3n) is 3.43. The van der Waals surface area contributed by atoms with Crippen LogP contribution in [0.25, 0.3) is 10.8 Å². The average molecular weight is 470 g/mol. The topological polar surface area (TPSA) is 97.7 Å². The quantitative estimate of drug-likeness (QED) is 0.290. The first-order valence-electron chi connectivity index (χ1n) is 6.72. The molecule has 28 heavy (non-hydrogen) atoms. The number of hydrogen-bond acceptors (Lipinski definition) is 6. The van der Waals surface area contributed by atoms with E-state index in [2.05, 4.69) is 16.8 Å². The van der Waals surface area contributed by atoms with Crippen molar-refractivity contribution in [1.82, 2.24) is 0 Å². The molecular weight excluding hydrogens is 462 g/mol. The fourth-order valence-electron chi connectivity index (χ4n) is 1.99. The Hall–Kier alpha value is -1.71. The Morgan fingerprint density at radius 3 is 1.82 bits per heavy atom. The number of hydrogen-bond donors (Lipinski definition) is 2. The van der Waals surface area contributed by atoms with Gasteiger partial charge in [0.15, 0.2) is 5.75 Å². The van der Waals surface area contributed by atoms with Gasteiger partial charge in [0.2, 0.25) is 0 Å². The van der Waals surface area contributed by atoms with Crippen molar-refractivity contribution < 1.29 is 51.9 Å². The number of benzene rings is 2. The first-order valence-corrected chi connectivity index (χ1v) is 10.0. The predicted molar refractivity (Wildman–Crippen MR) is 87.1 cm³/mol. The fraction of sp³-hybridized carbons (Fsp3) is 0.231. The lowest BCUT2D eigenvalue weighted by molar-refractivity contribution is -0.247. The summed E-state index contributed by atoms with van der Waals surface area (Å²) in [6.07, 6.45) is 0. The van der Waals surface area contributed by atoms with E-state index in [0.29, 0.717) is 0 Å². The highest BCUT2D eigenvalue weighted by atomic mass is 32.2. The van der Waals surface area contributed by atoms with Crippen LogP contribution in [0.3, 0.4) is 0 Å². The minimum atomic E-state index is -7.11. The molecule has 0 heterocycles. The summed E-state index contributed by atoms with van der Waals surface area (Å²) in [5, 5.41) is -13.6. The summed E-state index contributed by atoms with van der Waals surface area (Å²) in [7, 11) is -14.0. The number of halogens is 6. The van der Waals surface area contributed by atoms with E-state index in [9.17, 15) is 43.2 Å². The lowest BCUT2D eigenvalue weighted by atomic mass is 10.1. The molecule has 2 aromatic carbocycles. The fourth-order valence-corrected chi connectivity index (χ4v) is 3.70. The van der Waals surface area contributed by atoms with Crippen LogP contribution in [-0.4, -0.2) is 37.8 Å². The summed E-state index contributed by atoms with van der Waals surface area (Å²) >= 11 is 4.01. The second-order valence-corrected chi connectivity index (χ2v) is 8.78. The molecule has 0 radical (unpaired) electrons. The molecule has 1 N–H and O–H groups in total. The van der Waals surface area contributed by atoms with Crippen LogP contribution in [0, 0.1) is 0 Å². The lowest BCUT2D eigenvalue weighted by Gasteiger charge is -2.29. The maximum atomic E-state index is 13.8. The smallest absolute Gasteiger partial charge is 0.377 e. The largest absolute Gasteiger partial charge is 0.450 e. The van der Waals surface area contributed by atoms with Crippen LogP contribution >= 0.6 is 12.6 Å². The summed E-state index contributed by atoms with van der Waals surface area (Å²) in [6.45, 7) is 0. The van der Waals surface area contributed by atoms with Crippen LogP contribution in [0.1, 0.15) is 0 Å². The molecule has 2 rings (SSSR count). The molecule has 0 aliphatic carbocycles. The molecule has 0 saturated carbocycles. The number of thiol groups is 1. The van der Waals surface area contributed by atoms with E-state index in [1.807, 2.05) is 0 Å². The zero-order valence-electron chi connectivity index (χ0n) is 13.0. The first-order chi connectivity index (χ1) is 12.5. The highest BCUT2D eigenvalue weighted by Crippen LogP contribution is 2.51. The highest BCUT2D eigenvalue weighted by Gasteiger charge is 2.83. The van der Waals surface area contributed by atoms with E-state index >= 15 is 0 Å². The molecule has 0 atom stereocenters. The van der Waals surface area contributed by atoms with Gasteiger partial charge in [0.1, 0.15) is 0 Å². The van der Waals surface area contributed by atoms with Crippen LogP contribution in [-0.2, 0) is 20.2 Å². The second-order valence-electron chi connectivity index (χ2n) is 5.25. The summed E-state index contributed by atoms with van der Waals surface area (Å²) in [5.41, 5.74) is 0. The second kappa shape index (κ2) is 6.67. The van der Waals surface area contributed by atoms with Gasteiger partial charge in [0.05, 0.1) is 0 Å². The standard InChI is InChI=1S/C13H8F6O6S3/c14-11(15,12(16,17)27(20,21)22)13(18,19)28(23,24)25-9-5-6-10(26)8-4-2-1-3-7(8)9/h1-6,26H,(H,20,21,22). The summed E-state index contributed by atoms with van der Waals surface area (Å²) in [6, 6.07) is 7.03. The predicted octanol–water partition coefficient (Wildman–Crippen LogP) is 3.55. The van der Waals surface area contributed by atoms with Crippen LogP contribution in [0.4, 0.5) is 26.3 Å². The minimum absolute atomic E-state index is 0.150. The zero-order valence-corrected chi connectivity index (χ0v) is 15.5. The highest BCUT2D eigenvalue weighted by molar-refractivity contribution is 7.88. The van der Waals surface area contributed by atoms with Gasteiger partial charge in [-0.05, 0) is 17.5 Å². The van der Waals surface area contributed by atoms with E-state index < -0.39 is 42.4 Å². The monoisotopic (exact) mass is 470 g/mol. The van der Waals surface area contributed by atoms with Gasteiger partial charge in [-0.25, -0.2) is 0 Å². The Morgan fingerprint density at radius 2 is 1.32 bits per heavy atom. The molecule has 0 unspecified atom stereocenters. The molecule has 0 amide bonds. The minimum Gasteiger partial charge on any atom is -0.377 e. The maximum absolute atomic E-state index is 13.8.